The smallest absolute Gasteiger partial charge is 0.411 e. The van der Waals surface area contributed by atoms with Crippen LogP contribution in [-0.4, -0.2) is 39.1 Å². The largest absolute Gasteiger partial charge is 0.440 e. The summed E-state index contributed by atoms with van der Waals surface area (Å²) in [6.07, 6.45) is -6.44. The van der Waals surface area contributed by atoms with Crippen LogP contribution in [0.15, 0.2) is 59.4 Å². The Morgan fingerprint density at radius 2 is 1.81 bits per heavy atom. The summed E-state index contributed by atoms with van der Waals surface area (Å²) in [4.78, 5) is 36.6. The Labute approximate surface area is 211 Å². The maximum Gasteiger partial charge on any atom is 0.411 e. The lowest BCUT2D eigenvalue weighted by molar-refractivity contribution is -0.122. The first-order valence-corrected chi connectivity index (χ1v) is 10.9. The van der Waals surface area contributed by atoms with Crippen LogP contribution in [0.1, 0.15) is 11.7 Å². The molecule has 3 aromatic rings. The van der Waals surface area contributed by atoms with E-state index < -0.39 is 36.5 Å². The number of nitrogens with one attached hydrogen (secondary N) is 1. The number of amides is 2. The van der Waals surface area contributed by atoms with Gasteiger partial charge in [0.15, 0.2) is 5.82 Å². The second kappa shape index (κ2) is 11.3. The van der Waals surface area contributed by atoms with Gasteiger partial charge in [-0.3, -0.25) is 4.79 Å². The molecular weight excluding hydrogens is 526 g/mol. The highest BCUT2D eigenvalue weighted by Crippen LogP contribution is 2.25. The number of carbonyl (C=O) groups is 2. The normalized spacial score (nSPS) is 12.5. The molecule has 3 N–H and O–H groups in total. The monoisotopic (exact) mass is 543 g/mol. The molecule has 3 rings (SSSR count). The lowest BCUT2D eigenvalue weighted by Gasteiger charge is -2.18. The molecular formula is C22H18Cl2F3N5O4. The Morgan fingerprint density at radius 1 is 1.14 bits per heavy atom. The van der Waals surface area contributed by atoms with Gasteiger partial charge in [-0.25, -0.2) is 18.8 Å². The number of carbonyl (C=O) groups excluding carboxylic acids is 2. The fraction of sp³-hybridized carbons (Fsp3) is 0.182. The minimum absolute atomic E-state index is 0.130. The molecule has 0 radical (unpaired) electrons. The van der Waals surface area contributed by atoms with E-state index in [4.69, 9.17) is 33.7 Å². The number of rotatable bonds is 8. The number of primary amides is 1. The first-order valence-electron chi connectivity index (χ1n) is 10.1. The van der Waals surface area contributed by atoms with E-state index in [0.29, 0.717) is 26.0 Å². The van der Waals surface area contributed by atoms with Gasteiger partial charge in [-0.05, 0) is 30.3 Å². The van der Waals surface area contributed by atoms with Crippen molar-refractivity contribution in [2.75, 3.05) is 6.54 Å². The summed E-state index contributed by atoms with van der Waals surface area (Å²) >= 11 is 12.0. The quantitative estimate of drug-likeness (QED) is 0.444. The van der Waals surface area contributed by atoms with Gasteiger partial charge in [0, 0.05) is 33.4 Å². The molecule has 1 heterocycles. The lowest BCUT2D eigenvalue weighted by atomic mass is 10.1. The molecule has 0 bridgehead atoms. The summed E-state index contributed by atoms with van der Waals surface area (Å²) in [6, 6.07) is 12.3. The summed E-state index contributed by atoms with van der Waals surface area (Å²) in [5.74, 6) is -0.884. The van der Waals surface area contributed by atoms with Crippen molar-refractivity contribution >= 4 is 41.4 Å². The van der Waals surface area contributed by atoms with Crippen molar-refractivity contribution in [3.8, 4) is 11.4 Å². The average molecular weight is 544 g/mol. The fourth-order valence-electron chi connectivity index (χ4n) is 3.10. The number of ether oxygens (including phenoxy) is 1. The number of nitrogens with two attached hydrogens (primary N) is 1. The van der Waals surface area contributed by atoms with E-state index in [1.807, 2.05) is 0 Å². The average Bonchev–Trinajstić information content (AvgIpc) is 3.10. The second-order valence-corrected chi connectivity index (χ2v) is 8.09. The summed E-state index contributed by atoms with van der Waals surface area (Å²) < 4.78 is 44.6. The van der Waals surface area contributed by atoms with Gasteiger partial charge in [-0.15, -0.1) is 5.10 Å². The van der Waals surface area contributed by atoms with Gasteiger partial charge in [-0.2, -0.15) is 13.2 Å². The third-order valence-electron chi connectivity index (χ3n) is 4.67. The van der Waals surface area contributed by atoms with Gasteiger partial charge in [0.1, 0.15) is 12.6 Å². The van der Waals surface area contributed by atoms with E-state index in [0.717, 1.165) is 0 Å². The number of aromatic nitrogens is 3. The summed E-state index contributed by atoms with van der Waals surface area (Å²) in [5, 5.41) is 7.11. The number of hydrogen-bond donors (Lipinski definition) is 2. The van der Waals surface area contributed by atoms with E-state index in [1.165, 1.54) is 24.3 Å². The molecule has 1 unspecified atom stereocenters. The zero-order valence-electron chi connectivity index (χ0n) is 18.2. The molecule has 0 spiro atoms. The van der Waals surface area contributed by atoms with Crippen LogP contribution in [-0.2, 0) is 16.1 Å². The SMILES string of the molecule is NC(=O)OC(CNC(=O)Cn1nc(-c2ccc(Cl)cc2)n(/C=C/C(F)(F)F)c1=O)c1ccccc1Cl. The van der Waals surface area contributed by atoms with Crippen molar-refractivity contribution in [1.29, 1.82) is 0 Å². The number of halogens is 5. The van der Waals surface area contributed by atoms with E-state index in [9.17, 15) is 27.6 Å². The molecule has 190 valence electrons. The Balaban J connectivity index is 1.84. The van der Waals surface area contributed by atoms with Gasteiger partial charge in [-0.1, -0.05) is 41.4 Å². The number of hydrogen-bond acceptors (Lipinski definition) is 5. The molecule has 14 heteroatoms. The standard InChI is InChI=1S/C22H18Cl2F3N5O4/c23-14-7-5-13(6-8-14)19-30-32(21(35)31(19)10-9-22(25,26)27)12-18(33)29-11-17(36-20(28)34)15-3-1-2-4-16(15)24/h1-10,17H,11-12H2,(H2,28,34)(H,29,33)/b10-9+. The Hall–Kier alpha value is -3.77. The van der Waals surface area contributed by atoms with Crippen LogP contribution in [0, 0.1) is 0 Å². The van der Waals surface area contributed by atoms with Crippen LogP contribution in [0.5, 0.6) is 0 Å². The molecule has 1 aromatic heterocycles. The van der Waals surface area contributed by atoms with Crippen molar-refractivity contribution in [2.24, 2.45) is 5.73 Å². The minimum Gasteiger partial charge on any atom is -0.440 e. The van der Waals surface area contributed by atoms with Crippen LogP contribution in [0.3, 0.4) is 0 Å². The first-order chi connectivity index (χ1) is 16.9. The van der Waals surface area contributed by atoms with Crippen LogP contribution < -0.4 is 16.7 Å². The number of nitrogens with zero attached hydrogens (tertiary/aromatic N) is 3. The van der Waals surface area contributed by atoms with Crippen LogP contribution in [0.4, 0.5) is 18.0 Å². The fourth-order valence-corrected chi connectivity index (χ4v) is 3.49. The highest BCUT2D eigenvalue weighted by molar-refractivity contribution is 6.31. The lowest BCUT2D eigenvalue weighted by Crippen LogP contribution is -2.36. The molecule has 0 saturated carbocycles. The number of alkyl halides is 3. The van der Waals surface area contributed by atoms with Crippen molar-refractivity contribution in [3.63, 3.8) is 0 Å². The van der Waals surface area contributed by atoms with Crippen molar-refractivity contribution in [2.45, 2.75) is 18.8 Å². The highest BCUT2D eigenvalue weighted by atomic mass is 35.5. The van der Waals surface area contributed by atoms with E-state index in [1.54, 1.807) is 24.3 Å². The molecule has 9 nitrogen and oxygen atoms in total. The van der Waals surface area contributed by atoms with Crippen molar-refractivity contribution in [3.05, 3.63) is 80.7 Å². The van der Waals surface area contributed by atoms with Crippen LogP contribution in [0.2, 0.25) is 10.0 Å². The molecule has 0 aliphatic heterocycles. The Bertz CT molecular complexity index is 1340. The predicted octanol–water partition coefficient (Wildman–Crippen LogP) is 4.00. The molecule has 0 aliphatic carbocycles. The van der Waals surface area contributed by atoms with E-state index in [2.05, 4.69) is 10.4 Å². The Kier molecular flexibility index (Phi) is 8.43. The van der Waals surface area contributed by atoms with Crippen molar-refractivity contribution < 1.29 is 27.5 Å². The summed E-state index contributed by atoms with van der Waals surface area (Å²) in [5.41, 5.74) is 4.77. The molecule has 0 saturated heterocycles. The predicted molar refractivity (Wildman–Crippen MR) is 126 cm³/mol. The zero-order valence-corrected chi connectivity index (χ0v) is 19.7. The van der Waals surface area contributed by atoms with Crippen LogP contribution in [0.25, 0.3) is 17.6 Å². The zero-order chi connectivity index (χ0) is 26.5. The molecule has 1 atom stereocenters. The number of benzene rings is 2. The highest BCUT2D eigenvalue weighted by Gasteiger charge is 2.24. The number of allylic oxidation sites excluding steroid dienone is 1. The van der Waals surface area contributed by atoms with E-state index in [-0.39, 0.29) is 29.0 Å². The summed E-state index contributed by atoms with van der Waals surface area (Å²) in [6.45, 7) is -0.892. The van der Waals surface area contributed by atoms with Gasteiger partial charge < -0.3 is 15.8 Å². The van der Waals surface area contributed by atoms with Gasteiger partial charge in [0.25, 0.3) is 0 Å². The maximum atomic E-state index is 12.8. The second-order valence-electron chi connectivity index (χ2n) is 7.25. The Morgan fingerprint density at radius 3 is 2.42 bits per heavy atom. The molecule has 0 aliphatic rings. The summed E-state index contributed by atoms with van der Waals surface area (Å²) in [7, 11) is 0. The van der Waals surface area contributed by atoms with Gasteiger partial charge in [0.2, 0.25) is 5.91 Å². The van der Waals surface area contributed by atoms with Gasteiger partial charge in [0.05, 0.1) is 6.54 Å². The minimum atomic E-state index is -4.69. The van der Waals surface area contributed by atoms with Crippen molar-refractivity contribution in [1.82, 2.24) is 19.7 Å². The third kappa shape index (κ3) is 7.12. The third-order valence-corrected chi connectivity index (χ3v) is 5.27. The molecule has 0 fully saturated rings. The molecule has 2 amide bonds. The van der Waals surface area contributed by atoms with E-state index >= 15 is 0 Å². The van der Waals surface area contributed by atoms with Crippen LogP contribution >= 0.6 is 23.2 Å². The first kappa shape index (κ1) is 26.8. The maximum absolute atomic E-state index is 12.8. The van der Waals surface area contributed by atoms with Gasteiger partial charge >= 0.3 is 18.0 Å². The topological polar surface area (TPSA) is 121 Å². The molecule has 36 heavy (non-hydrogen) atoms. The molecule has 2 aromatic carbocycles.